The summed E-state index contributed by atoms with van der Waals surface area (Å²) in [6.45, 7) is 6.10. The average Bonchev–Trinajstić information content (AvgIpc) is 3.03. The van der Waals surface area contributed by atoms with Crippen LogP contribution in [0.3, 0.4) is 0 Å². The van der Waals surface area contributed by atoms with E-state index >= 15 is 0 Å². The zero-order chi connectivity index (χ0) is 31.5. The number of benzene rings is 3. The van der Waals surface area contributed by atoms with Gasteiger partial charge in [0.2, 0.25) is 5.91 Å². The summed E-state index contributed by atoms with van der Waals surface area (Å²) < 4.78 is 22.9. The van der Waals surface area contributed by atoms with E-state index < -0.39 is 41.8 Å². The third-order valence-electron chi connectivity index (χ3n) is 7.23. The molecule has 0 radical (unpaired) electrons. The van der Waals surface area contributed by atoms with Crippen molar-refractivity contribution in [1.29, 1.82) is 0 Å². The van der Waals surface area contributed by atoms with Crippen molar-refractivity contribution in [2.45, 2.75) is 77.0 Å². The second-order valence-electron chi connectivity index (χ2n) is 11.8. The van der Waals surface area contributed by atoms with Gasteiger partial charge in [-0.2, -0.15) is 0 Å². The molecule has 1 heterocycles. The Balaban J connectivity index is 1.54. The van der Waals surface area contributed by atoms with Gasteiger partial charge in [0.05, 0.1) is 0 Å². The van der Waals surface area contributed by atoms with Crippen LogP contribution >= 0.6 is 0 Å². The maximum Gasteiger partial charge on any atom is 0.408 e. The molecular formula is C35H42N2O7. The second kappa shape index (κ2) is 15.4. The normalized spacial score (nSPS) is 16.4. The number of likely N-dealkylation sites (tertiary alicyclic amines) is 1. The van der Waals surface area contributed by atoms with Crippen LogP contribution in [-0.4, -0.2) is 54.2 Å². The Labute approximate surface area is 259 Å². The van der Waals surface area contributed by atoms with Crippen molar-refractivity contribution in [3.05, 3.63) is 102 Å². The van der Waals surface area contributed by atoms with Gasteiger partial charge >= 0.3 is 12.1 Å². The molecule has 2 amide bonds. The van der Waals surface area contributed by atoms with E-state index in [9.17, 15) is 14.4 Å². The molecule has 1 N–H and O–H groups in total. The molecule has 9 nitrogen and oxygen atoms in total. The zero-order valence-electron chi connectivity index (χ0n) is 25.9. The minimum absolute atomic E-state index is 0.108. The van der Waals surface area contributed by atoms with E-state index in [1.807, 2.05) is 60.7 Å². The summed E-state index contributed by atoms with van der Waals surface area (Å²) >= 11 is 0. The van der Waals surface area contributed by atoms with Gasteiger partial charge in [-0.05, 0) is 68.9 Å². The largest absolute Gasteiger partial charge is 0.489 e. The predicted molar refractivity (Wildman–Crippen MR) is 166 cm³/mol. The van der Waals surface area contributed by atoms with E-state index in [1.54, 1.807) is 45.0 Å². The van der Waals surface area contributed by atoms with Crippen LogP contribution in [0.2, 0.25) is 0 Å². The first-order chi connectivity index (χ1) is 21.1. The van der Waals surface area contributed by atoms with Gasteiger partial charge in [-0.15, -0.1) is 0 Å². The van der Waals surface area contributed by atoms with E-state index in [-0.39, 0.29) is 6.61 Å². The number of nitrogens with zero attached hydrogens (tertiary/aromatic N) is 1. The molecule has 3 atom stereocenters. The number of rotatable bonds is 11. The highest BCUT2D eigenvalue weighted by molar-refractivity contribution is 5.90. The molecule has 1 saturated heterocycles. The maximum atomic E-state index is 14.2. The minimum Gasteiger partial charge on any atom is -0.489 e. The van der Waals surface area contributed by atoms with Crippen LogP contribution in [0.4, 0.5) is 4.79 Å². The van der Waals surface area contributed by atoms with Gasteiger partial charge in [0.15, 0.2) is 0 Å². The number of ether oxygens (including phenoxy) is 4. The topological polar surface area (TPSA) is 103 Å². The quantitative estimate of drug-likeness (QED) is 0.270. The fourth-order valence-corrected chi connectivity index (χ4v) is 5.10. The van der Waals surface area contributed by atoms with Crippen molar-refractivity contribution in [3.8, 4) is 5.75 Å². The molecule has 0 aliphatic carbocycles. The molecule has 0 unspecified atom stereocenters. The van der Waals surface area contributed by atoms with Gasteiger partial charge in [0.1, 0.15) is 42.8 Å². The fraction of sp³-hybridized carbons (Fsp3) is 0.400. The van der Waals surface area contributed by atoms with Crippen LogP contribution in [0.25, 0.3) is 0 Å². The zero-order valence-corrected chi connectivity index (χ0v) is 25.9. The first-order valence-corrected chi connectivity index (χ1v) is 14.9. The lowest BCUT2D eigenvalue weighted by Crippen LogP contribution is -2.58. The Morgan fingerprint density at radius 1 is 0.864 bits per heavy atom. The smallest absolute Gasteiger partial charge is 0.408 e. The Kier molecular flexibility index (Phi) is 11.4. The van der Waals surface area contributed by atoms with E-state index in [0.717, 1.165) is 24.0 Å². The highest BCUT2D eigenvalue weighted by Crippen LogP contribution is 2.28. The number of nitrogens with one attached hydrogen (secondary N) is 1. The number of piperidine rings is 1. The van der Waals surface area contributed by atoms with Gasteiger partial charge in [-0.25, -0.2) is 9.59 Å². The highest BCUT2D eigenvalue weighted by atomic mass is 16.6. The van der Waals surface area contributed by atoms with E-state index in [1.165, 1.54) is 12.0 Å². The summed E-state index contributed by atoms with van der Waals surface area (Å²) in [5.41, 5.74) is 1.76. The number of methoxy groups -OCH3 is 1. The van der Waals surface area contributed by atoms with Crippen molar-refractivity contribution in [3.63, 3.8) is 0 Å². The van der Waals surface area contributed by atoms with Gasteiger partial charge in [-0.3, -0.25) is 4.79 Å². The predicted octanol–water partition coefficient (Wildman–Crippen LogP) is 5.97. The lowest BCUT2D eigenvalue weighted by Gasteiger charge is -2.38. The van der Waals surface area contributed by atoms with Crippen LogP contribution in [0.5, 0.6) is 5.75 Å². The molecule has 3 aromatic rings. The van der Waals surface area contributed by atoms with Crippen LogP contribution in [0, 0.1) is 0 Å². The standard InChI is InChI=1S/C35H42N2O7/c1-35(2,3)44-34(40)36-30(31(41-4)27-18-20-28(21-19-27)42-23-25-13-7-5-8-14-25)32(38)37-22-12-11-17-29(37)33(39)43-24-26-15-9-6-10-16-26/h5-10,13-16,18-21,29-31H,11-12,17,22-24H2,1-4H3,(H,36,40)/t29-,30-,31-/m0/s1. The number of amides is 2. The number of hydrogen-bond acceptors (Lipinski definition) is 7. The molecule has 44 heavy (non-hydrogen) atoms. The van der Waals surface area contributed by atoms with Gasteiger partial charge in [0, 0.05) is 13.7 Å². The van der Waals surface area contributed by atoms with Gasteiger partial charge in [-0.1, -0.05) is 72.8 Å². The molecule has 0 saturated carbocycles. The Morgan fingerprint density at radius 3 is 2.07 bits per heavy atom. The monoisotopic (exact) mass is 602 g/mol. The Hall–Kier alpha value is -4.37. The number of hydrogen-bond donors (Lipinski definition) is 1. The molecule has 1 fully saturated rings. The number of alkyl carbamates (subject to hydrolysis) is 1. The molecule has 234 valence electrons. The van der Waals surface area contributed by atoms with Crippen molar-refractivity contribution >= 4 is 18.0 Å². The van der Waals surface area contributed by atoms with Gasteiger partial charge in [0.25, 0.3) is 0 Å². The lowest BCUT2D eigenvalue weighted by molar-refractivity contribution is -0.160. The van der Waals surface area contributed by atoms with Crippen LogP contribution in [-0.2, 0) is 37.0 Å². The average molecular weight is 603 g/mol. The molecular weight excluding hydrogens is 560 g/mol. The van der Waals surface area contributed by atoms with Crippen molar-refractivity contribution in [1.82, 2.24) is 10.2 Å². The van der Waals surface area contributed by atoms with Gasteiger partial charge < -0.3 is 29.2 Å². The lowest BCUT2D eigenvalue weighted by atomic mass is 9.96. The summed E-state index contributed by atoms with van der Waals surface area (Å²) in [6.07, 6.45) is 0.321. The summed E-state index contributed by atoms with van der Waals surface area (Å²) in [5.74, 6) is -0.284. The van der Waals surface area contributed by atoms with Crippen molar-refractivity contribution in [2.24, 2.45) is 0 Å². The number of carbonyl (C=O) groups excluding carboxylic acids is 3. The summed E-state index contributed by atoms with van der Waals surface area (Å²) in [5, 5.41) is 2.74. The van der Waals surface area contributed by atoms with Crippen LogP contribution in [0.1, 0.15) is 62.8 Å². The fourth-order valence-electron chi connectivity index (χ4n) is 5.10. The summed E-state index contributed by atoms with van der Waals surface area (Å²) in [7, 11) is 1.48. The molecule has 4 rings (SSSR count). The third-order valence-corrected chi connectivity index (χ3v) is 7.23. The first kappa shape index (κ1) is 32.5. The van der Waals surface area contributed by atoms with Crippen molar-refractivity contribution < 1.29 is 33.3 Å². The highest BCUT2D eigenvalue weighted by Gasteiger charge is 2.41. The van der Waals surface area contributed by atoms with E-state index in [2.05, 4.69) is 5.32 Å². The molecule has 9 heteroatoms. The number of carbonyl (C=O) groups is 3. The molecule has 0 aromatic heterocycles. The van der Waals surface area contributed by atoms with Crippen LogP contribution in [0.15, 0.2) is 84.9 Å². The van der Waals surface area contributed by atoms with E-state index in [4.69, 9.17) is 18.9 Å². The summed E-state index contributed by atoms with van der Waals surface area (Å²) in [6, 6.07) is 24.5. The summed E-state index contributed by atoms with van der Waals surface area (Å²) in [4.78, 5) is 42.0. The minimum atomic E-state index is -1.17. The first-order valence-electron chi connectivity index (χ1n) is 14.9. The molecule has 0 bridgehead atoms. The SMILES string of the molecule is CO[C@@H](c1ccc(OCc2ccccc2)cc1)[C@H](NC(=O)OC(C)(C)C)C(=O)N1CCCC[C@H]1C(=O)OCc1ccccc1. The van der Waals surface area contributed by atoms with E-state index in [0.29, 0.717) is 30.9 Å². The second-order valence-corrected chi connectivity index (χ2v) is 11.8. The Bertz CT molecular complexity index is 1360. The van der Waals surface area contributed by atoms with Crippen molar-refractivity contribution in [2.75, 3.05) is 13.7 Å². The maximum absolute atomic E-state index is 14.2. The molecule has 0 spiro atoms. The van der Waals surface area contributed by atoms with Crippen LogP contribution < -0.4 is 10.1 Å². The molecule has 1 aliphatic rings. The Morgan fingerprint density at radius 2 is 1.48 bits per heavy atom. The molecule has 1 aliphatic heterocycles. The third kappa shape index (κ3) is 9.31. The number of esters is 1. The molecule has 3 aromatic carbocycles.